The van der Waals surface area contributed by atoms with Crippen molar-refractivity contribution in [2.24, 2.45) is 5.73 Å². The van der Waals surface area contributed by atoms with Crippen LogP contribution in [0.3, 0.4) is 0 Å². The van der Waals surface area contributed by atoms with E-state index in [2.05, 4.69) is 5.32 Å². The van der Waals surface area contributed by atoms with Gasteiger partial charge in [-0.15, -0.1) is 0 Å². The van der Waals surface area contributed by atoms with Crippen LogP contribution in [-0.2, 0) is 16.1 Å². The molecule has 0 aliphatic heterocycles. The summed E-state index contributed by atoms with van der Waals surface area (Å²) in [5.74, 6) is -2.56. The summed E-state index contributed by atoms with van der Waals surface area (Å²) in [5, 5.41) is 10.5. The van der Waals surface area contributed by atoms with E-state index < -0.39 is 11.9 Å². The second-order valence-corrected chi connectivity index (χ2v) is 2.66. The molecular formula is C9H10N2O3. The lowest BCUT2D eigenvalue weighted by molar-refractivity contribution is -0.147. The Morgan fingerprint density at radius 2 is 1.86 bits per heavy atom. The standard InChI is InChI=1S/C9H10N2O3/c10-5-6-1-3-7(4-2-6)11-8(12)9(13)14/h1-4H,5,10H2,(H,11,12)(H,13,14). The summed E-state index contributed by atoms with van der Waals surface area (Å²) in [6, 6.07) is 6.64. The van der Waals surface area contributed by atoms with Gasteiger partial charge in [-0.2, -0.15) is 0 Å². The topological polar surface area (TPSA) is 92.4 Å². The smallest absolute Gasteiger partial charge is 0.394 e. The molecule has 0 radical (unpaired) electrons. The average Bonchev–Trinajstić information content (AvgIpc) is 2.19. The van der Waals surface area contributed by atoms with Crippen molar-refractivity contribution in [2.75, 3.05) is 5.32 Å². The number of hydrogen-bond acceptors (Lipinski definition) is 3. The third-order valence-electron chi connectivity index (χ3n) is 1.64. The molecule has 14 heavy (non-hydrogen) atoms. The maximum Gasteiger partial charge on any atom is 0.394 e. The van der Waals surface area contributed by atoms with E-state index in [4.69, 9.17) is 10.8 Å². The van der Waals surface area contributed by atoms with Crippen LogP contribution in [0.2, 0.25) is 0 Å². The Kier molecular flexibility index (Phi) is 3.19. The van der Waals surface area contributed by atoms with E-state index in [1.54, 1.807) is 24.3 Å². The van der Waals surface area contributed by atoms with Gasteiger partial charge in [-0.1, -0.05) is 12.1 Å². The normalized spacial score (nSPS) is 9.50. The van der Waals surface area contributed by atoms with Gasteiger partial charge in [-0.05, 0) is 17.7 Å². The molecule has 0 saturated carbocycles. The zero-order chi connectivity index (χ0) is 10.6. The number of amides is 1. The van der Waals surface area contributed by atoms with Crippen molar-refractivity contribution in [2.45, 2.75) is 6.54 Å². The van der Waals surface area contributed by atoms with Crippen LogP contribution in [0.5, 0.6) is 0 Å². The molecule has 5 heteroatoms. The van der Waals surface area contributed by atoms with Crippen LogP contribution >= 0.6 is 0 Å². The quantitative estimate of drug-likeness (QED) is 0.585. The van der Waals surface area contributed by atoms with Gasteiger partial charge in [-0.3, -0.25) is 4.79 Å². The first-order valence-electron chi connectivity index (χ1n) is 3.97. The van der Waals surface area contributed by atoms with Crippen molar-refractivity contribution in [1.29, 1.82) is 0 Å². The number of benzene rings is 1. The molecule has 1 aromatic rings. The summed E-state index contributed by atoms with van der Waals surface area (Å²) >= 11 is 0. The predicted octanol–water partition coefficient (Wildman–Crippen LogP) is 0.168. The number of carboxylic acids is 1. The molecule has 0 aromatic heterocycles. The van der Waals surface area contributed by atoms with Gasteiger partial charge in [0, 0.05) is 12.2 Å². The molecular weight excluding hydrogens is 184 g/mol. The van der Waals surface area contributed by atoms with Gasteiger partial charge in [0.2, 0.25) is 0 Å². The van der Waals surface area contributed by atoms with Crippen molar-refractivity contribution >= 4 is 17.6 Å². The minimum atomic E-state index is -1.51. The Morgan fingerprint density at radius 1 is 1.29 bits per heavy atom. The molecule has 1 aromatic carbocycles. The first-order chi connectivity index (χ1) is 6.63. The molecule has 0 saturated heterocycles. The fourth-order valence-corrected chi connectivity index (χ4v) is 0.909. The Labute approximate surface area is 80.5 Å². The maximum absolute atomic E-state index is 10.7. The lowest BCUT2D eigenvalue weighted by Gasteiger charge is -2.02. The molecule has 0 bridgehead atoms. The second kappa shape index (κ2) is 4.38. The number of aliphatic carboxylic acids is 1. The van der Waals surface area contributed by atoms with Gasteiger partial charge in [-0.25, -0.2) is 4.79 Å². The second-order valence-electron chi connectivity index (χ2n) is 2.66. The minimum absolute atomic E-state index is 0.410. The SMILES string of the molecule is NCc1ccc(NC(=O)C(=O)O)cc1. The number of rotatable bonds is 2. The number of carbonyl (C=O) groups is 2. The molecule has 0 spiro atoms. The summed E-state index contributed by atoms with van der Waals surface area (Å²) in [4.78, 5) is 20.9. The van der Waals surface area contributed by atoms with Crippen molar-refractivity contribution in [3.05, 3.63) is 29.8 Å². The highest BCUT2D eigenvalue weighted by Crippen LogP contribution is 2.08. The Hall–Kier alpha value is -1.88. The molecule has 0 fully saturated rings. The number of anilines is 1. The molecule has 1 amide bonds. The Bertz CT molecular complexity index is 346. The average molecular weight is 194 g/mol. The summed E-state index contributed by atoms with van der Waals surface area (Å²) < 4.78 is 0. The number of carboxylic acid groups (broad SMARTS) is 1. The van der Waals surface area contributed by atoms with E-state index in [-0.39, 0.29) is 0 Å². The third-order valence-corrected chi connectivity index (χ3v) is 1.64. The van der Waals surface area contributed by atoms with Crippen LogP contribution in [-0.4, -0.2) is 17.0 Å². The van der Waals surface area contributed by atoms with Crippen molar-refractivity contribution in [1.82, 2.24) is 0 Å². The molecule has 1 rings (SSSR count). The van der Waals surface area contributed by atoms with Crippen LogP contribution in [0.1, 0.15) is 5.56 Å². The molecule has 74 valence electrons. The lowest BCUT2D eigenvalue weighted by atomic mass is 10.2. The molecule has 0 aliphatic carbocycles. The van der Waals surface area contributed by atoms with E-state index >= 15 is 0 Å². The fourth-order valence-electron chi connectivity index (χ4n) is 0.909. The monoisotopic (exact) mass is 194 g/mol. The fraction of sp³-hybridized carbons (Fsp3) is 0.111. The van der Waals surface area contributed by atoms with Gasteiger partial charge in [0.15, 0.2) is 0 Å². The molecule has 0 atom stereocenters. The zero-order valence-corrected chi connectivity index (χ0v) is 7.36. The van der Waals surface area contributed by atoms with E-state index in [0.717, 1.165) is 5.56 Å². The third kappa shape index (κ3) is 2.56. The van der Waals surface area contributed by atoms with Gasteiger partial charge < -0.3 is 16.2 Å². The minimum Gasteiger partial charge on any atom is -0.474 e. The zero-order valence-electron chi connectivity index (χ0n) is 7.36. The van der Waals surface area contributed by atoms with Crippen LogP contribution in [0.4, 0.5) is 5.69 Å². The Balaban J connectivity index is 2.69. The van der Waals surface area contributed by atoms with Gasteiger partial charge in [0.1, 0.15) is 0 Å². The highest BCUT2D eigenvalue weighted by molar-refractivity contribution is 6.36. The summed E-state index contributed by atoms with van der Waals surface area (Å²) in [5.41, 5.74) is 6.72. The molecule has 0 aliphatic rings. The lowest BCUT2D eigenvalue weighted by Crippen LogP contribution is -2.21. The highest BCUT2D eigenvalue weighted by Gasteiger charge is 2.10. The van der Waals surface area contributed by atoms with E-state index in [0.29, 0.717) is 12.2 Å². The highest BCUT2D eigenvalue weighted by atomic mass is 16.4. The number of carbonyl (C=O) groups excluding carboxylic acids is 1. The molecule has 0 heterocycles. The number of nitrogens with one attached hydrogen (secondary N) is 1. The largest absolute Gasteiger partial charge is 0.474 e. The number of nitrogens with two attached hydrogens (primary N) is 1. The first kappa shape index (κ1) is 10.2. The van der Waals surface area contributed by atoms with Crippen molar-refractivity contribution < 1.29 is 14.7 Å². The molecule has 4 N–H and O–H groups in total. The van der Waals surface area contributed by atoms with Crippen molar-refractivity contribution in [3.63, 3.8) is 0 Å². The molecule has 0 unspecified atom stereocenters. The summed E-state index contributed by atoms with van der Waals surface area (Å²) in [7, 11) is 0. The first-order valence-corrected chi connectivity index (χ1v) is 3.97. The Morgan fingerprint density at radius 3 is 2.29 bits per heavy atom. The maximum atomic E-state index is 10.7. The number of hydrogen-bond donors (Lipinski definition) is 3. The van der Waals surface area contributed by atoms with E-state index in [1.165, 1.54) is 0 Å². The van der Waals surface area contributed by atoms with Crippen molar-refractivity contribution in [3.8, 4) is 0 Å². The van der Waals surface area contributed by atoms with Crippen LogP contribution in [0.15, 0.2) is 24.3 Å². The summed E-state index contributed by atoms with van der Waals surface area (Å²) in [6.07, 6.45) is 0. The summed E-state index contributed by atoms with van der Waals surface area (Å²) in [6.45, 7) is 0.410. The predicted molar refractivity (Wildman–Crippen MR) is 50.6 cm³/mol. The van der Waals surface area contributed by atoms with Gasteiger partial charge in [0.25, 0.3) is 0 Å². The van der Waals surface area contributed by atoms with E-state index in [1.807, 2.05) is 0 Å². The van der Waals surface area contributed by atoms with Gasteiger partial charge >= 0.3 is 11.9 Å². The van der Waals surface area contributed by atoms with Crippen LogP contribution in [0.25, 0.3) is 0 Å². The van der Waals surface area contributed by atoms with Crippen LogP contribution in [0, 0.1) is 0 Å². The van der Waals surface area contributed by atoms with E-state index in [9.17, 15) is 9.59 Å². The van der Waals surface area contributed by atoms with Crippen LogP contribution < -0.4 is 11.1 Å². The molecule has 5 nitrogen and oxygen atoms in total. The van der Waals surface area contributed by atoms with Gasteiger partial charge in [0.05, 0.1) is 0 Å².